The third-order valence-electron chi connectivity index (χ3n) is 2.43. The highest BCUT2D eigenvalue weighted by molar-refractivity contribution is 5.75. The van der Waals surface area contributed by atoms with Crippen LogP contribution in [0.4, 0.5) is 0 Å². The van der Waals surface area contributed by atoms with Crippen LogP contribution in [-0.4, -0.2) is 12.6 Å². The van der Waals surface area contributed by atoms with Crippen LogP contribution in [0.5, 0.6) is 0 Å². The maximum atomic E-state index is 11.5. The average Bonchev–Trinajstić information content (AvgIpc) is 2.15. The van der Waals surface area contributed by atoms with Gasteiger partial charge in [-0.25, -0.2) is 0 Å². The lowest BCUT2D eigenvalue weighted by atomic mass is 9.97. The van der Waals surface area contributed by atoms with E-state index in [-0.39, 0.29) is 5.97 Å². The fraction of sp³-hybridized carbons (Fsp3) is 0.667. The second-order valence-electron chi connectivity index (χ2n) is 5.71. The lowest BCUT2D eigenvalue weighted by Crippen LogP contribution is -2.22. The van der Waals surface area contributed by atoms with Crippen LogP contribution in [0.1, 0.15) is 53.9 Å². The van der Waals surface area contributed by atoms with Crippen LogP contribution >= 0.6 is 0 Å². The molecule has 0 atom stereocenters. The predicted molar refractivity (Wildman–Crippen MR) is 72.8 cm³/mol. The van der Waals surface area contributed by atoms with E-state index in [2.05, 4.69) is 13.5 Å². The number of allylic oxidation sites excluding steroid dienone is 2. The van der Waals surface area contributed by atoms with E-state index in [4.69, 9.17) is 4.74 Å². The summed E-state index contributed by atoms with van der Waals surface area (Å²) in [5.41, 5.74) is 2.08. The molecule has 0 fully saturated rings. The molecular formula is C15H26O2. The molecule has 2 nitrogen and oxygen atoms in total. The Morgan fingerprint density at radius 3 is 2.29 bits per heavy atom. The van der Waals surface area contributed by atoms with Gasteiger partial charge in [0.2, 0.25) is 0 Å². The standard InChI is InChI=1S/C15H26O2/c1-12(2)8-7-9-13(3)10-11-17-14(16)15(4,5)6/h10H,1,7-9,11H2,2-6H3/b13-10+. The van der Waals surface area contributed by atoms with Gasteiger partial charge in [0.25, 0.3) is 0 Å². The summed E-state index contributed by atoms with van der Waals surface area (Å²) in [5, 5.41) is 0. The van der Waals surface area contributed by atoms with E-state index in [1.807, 2.05) is 33.8 Å². The summed E-state index contributed by atoms with van der Waals surface area (Å²) in [6.45, 7) is 14.0. The molecule has 0 aliphatic heterocycles. The van der Waals surface area contributed by atoms with Crippen molar-refractivity contribution >= 4 is 5.97 Å². The van der Waals surface area contributed by atoms with Crippen molar-refractivity contribution in [1.82, 2.24) is 0 Å². The maximum absolute atomic E-state index is 11.5. The Morgan fingerprint density at radius 1 is 1.24 bits per heavy atom. The highest BCUT2D eigenvalue weighted by Crippen LogP contribution is 2.15. The van der Waals surface area contributed by atoms with E-state index in [0.29, 0.717) is 6.61 Å². The Hall–Kier alpha value is -1.05. The number of hydrogen-bond donors (Lipinski definition) is 0. The molecule has 98 valence electrons. The highest BCUT2D eigenvalue weighted by atomic mass is 16.5. The van der Waals surface area contributed by atoms with Gasteiger partial charge in [0.1, 0.15) is 6.61 Å². The van der Waals surface area contributed by atoms with Crippen molar-refractivity contribution in [3.05, 3.63) is 23.8 Å². The topological polar surface area (TPSA) is 26.3 Å². The van der Waals surface area contributed by atoms with Crippen LogP contribution in [0.3, 0.4) is 0 Å². The molecule has 0 rings (SSSR count). The van der Waals surface area contributed by atoms with E-state index in [1.165, 1.54) is 11.1 Å². The van der Waals surface area contributed by atoms with Crippen LogP contribution in [0.15, 0.2) is 23.8 Å². The van der Waals surface area contributed by atoms with Crippen LogP contribution in [0.2, 0.25) is 0 Å². The Kier molecular flexibility index (Phi) is 6.86. The van der Waals surface area contributed by atoms with Gasteiger partial charge in [-0.3, -0.25) is 4.79 Å². The monoisotopic (exact) mass is 238 g/mol. The second-order valence-corrected chi connectivity index (χ2v) is 5.71. The van der Waals surface area contributed by atoms with Gasteiger partial charge in [-0.1, -0.05) is 11.1 Å². The Bertz CT molecular complexity index is 293. The first-order valence-corrected chi connectivity index (χ1v) is 6.20. The van der Waals surface area contributed by atoms with Gasteiger partial charge in [-0.2, -0.15) is 0 Å². The van der Waals surface area contributed by atoms with E-state index < -0.39 is 5.41 Å². The lowest BCUT2D eigenvalue weighted by Gasteiger charge is -2.15. The molecule has 0 radical (unpaired) electrons. The molecule has 0 spiro atoms. The first kappa shape index (κ1) is 16.0. The molecule has 0 unspecified atom stereocenters. The minimum atomic E-state index is -0.415. The lowest BCUT2D eigenvalue weighted by molar-refractivity contribution is -0.151. The van der Waals surface area contributed by atoms with Gasteiger partial charge in [0, 0.05) is 0 Å². The molecule has 0 aromatic rings. The molecule has 0 aromatic carbocycles. The third-order valence-corrected chi connectivity index (χ3v) is 2.43. The first-order valence-electron chi connectivity index (χ1n) is 6.20. The molecule has 0 aromatic heterocycles. The second kappa shape index (κ2) is 7.31. The van der Waals surface area contributed by atoms with Gasteiger partial charge in [-0.05, 0) is 60.0 Å². The van der Waals surface area contributed by atoms with Crippen molar-refractivity contribution < 1.29 is 9.53 Å². The zero-order valence-corrected chi connectivity index (χ0v) is 11.9. The van der Waals surface area contributed by atoms with Gasteiger partial charge in [0.05, 0.1) is 5.41 Å². The molecular weight excluding hydrogens is 212 g/mol. The molecule has 2 heteroatoms. The van der Waals surface area contributed by atoms with Crippen LogP contribution in [-0.2, 0) is 9.53 Å². The zero-order chi connectivity index (χ0) is 13.5. The minimum Gasteiger partial charge on any atom is -0.461 e. The highest BCUT2D eigenvalue weighted by Gasteiger charge is 2.22. The summed E-state index contributed by atoms with van der Waals surface area (Å²) in [6.07, 6.45) is 5.21. The van der Waals surface area contributed by atoms with E-state index >= 15 is 0 Å². The summed E-state index contributed by atoms with van der Waals surface area (Å²) in [6, 6.07) is 0. The number of esters is 1. The summed E-state index contributed by atoms with van der Waals surface area (Å²) in [5.74, 6) is -0.150. The zero-order valence-electron chi connectivity index (χ0n) is 11.9. The molecule has 17 heavy (non-hydrogen) atoms. The van der Waals surface area contributed by atoms with Crippen molar-refractivity contribution in [2.45, 2.75) is 53.9 Å². The van der Waals surface area contributed by atoms with Gasteiger partial charge < -0.3 is 4.74 Å². The number of carbonyl (C=O) groups excluding carboxylic acids is 1. The van der Waals surface area contributed by atoms with Gasteiger partial charge >= 0.3 is 5.97 Å². The maximum Gasteiger partial charge on any atom is 0.311 e. The summed E-state index contributed by atoms with van der Waals surface area (Å²) in [4.78, 5) is 11.5. The smallest absolute Gasteiger partial charge is 0.311 e. The third kappa shape index (κ3) is 8.73. The molecule has 0 saturated heterocycles. The Balaban J connectivity index is 3.85. The first-order chi connectivity index (χ1) is 7.73. The van der Waals surface area contributed by atoms with Crippen molar-refractivity contribution in [3.63, 3.8) is 0 Å². The quantitative estimate of drug-likeness (QED) is 0.510. The van der Waals surface area contributed by atoms with Gasteiger partial charge in [-0.15, -0.1) is 6.58 Å². The van der Waals surface area contributed by atoms with Crippen LogP contribution < -0.4 is 0 Å². The summed E-state index contributed by atoms with van der Waals surface area (Å²) < 4.78 is 5.17. The Morgan fingerprint density at radius 2 is 1.82 bits per heavy atom. The van der Waals surface area contributed by atoms with Crippen LogP contribution in [0.25, 0.3) is 0 Å². The normalized spacial score (nSPS) is 12.4. The Labute approximate surface area is 106 Å². The summed E-state index contributed by atoms with van der Waals surface area (Å²) >= 11 is 0. The fourth-order valence-electron chi connectivity index (χ4n) is 1.25. The molecule has 0 aliphatic carbocycles. The van der Waals surface area contributed by atoms with E-state index in [0.717, 1.165) is 19.3 Å². The molecule has 0 aliphatic rings. The van der Waals surface area contributed by atoms with E-state index in [9.17, 15) is 4.79 Å². The number of hydrogen-bond acceptors (Lipinski definition) is 2. The fourth-order valence-corrected chi connectivity index (χ4v) is 1.25. The van der Waals surface area contributed by atoms with Crippen LogP contribution in [0, 0.1) is 5.41 Å². The van der Waals surface area contributed by atoms with Crippen molar-refractivity contribution in [3.8, 4) is 0 Å². The largest absolute Gasteiger partial charge is 0.461 e. The molecule has 0 saturated carbocycles. The molecule has 0 amide bonds. The van der Waals surface area contributed by atoms with Crippen molar-refractivity contribution in [2.24, 2.45) is 5.41 Å². The summed E-state index contributed by atoms with van der Waals surface area (Å²) in [7, 11) is 0. The van der Waals surface area contributed by atoms with E-state index in [1.54, 1.807) is 0 Å². The van der Waals surface area contributed by atoms with Gasteiger partial charge in [0.15, 0.2) is 0 Å². The number of rotatable bonds is 6. The van der Waals surface area contributed by atoms with Crippen molar-refractivity contribution in [1.29, 1.82) is 0 Å². The number of ether oxygens (including phenoxy) is 1. The molecule has 0 heterocycles. The molecule has 0 bridgehead atoms. The number of carbonyl (C=O) groups is 1. The average molecular weight is 238 g/mol. The van der Waals surface area contributed by atoms with Crippen molar-refractivity contribution in [2.75, 3.05) is 6.61 Å². The molecule has 0 N–H and O–H groups in total. The minimum absolute atomic E-state index is 0.150. The predicted octanol–water partition coefficient (Wildman–Crippen LogP) is 4.27. The SMILES string of the molecule is C=C(C)CCC/C(C)=C/COC(=O)C(C)(C)C.